The Morgan fingerprint density at radius 1 is 1.25 bits per heavy atom. The van der Waals surface area contributed by atoms with Crippen LogP contribution in [0.1, 0.15) is 17.1 Å². The van der Waals surface area contributed by atoms with E-state index < -0.39 is 0 Å². The average molecular weight is 237 g/mol. The number of hydrogen-bond donors (Lipinski definition) is 1. The molecule has 0 atom stereocenters. The van der Waals surface area contributed by atoms with Crippen molar-refractivity contribution in [2.24, 2.45) is 5.73 Å². The summed E-state index contributed by atoms with van der Waals surface area (Å²) in [6.07, 6.45) is 3.10. The van der Waals surface area contributed by atoms with Crippen molar-refractivity contribution >= 4 is 11.6 Å². The summed E-state index contributed by atoms with van der Waals surface area (Å²) in [6.45, 7) is 0.590. The standard InChI is InChI=1S/C12H13ClN2O/c13-10-3-1-9(2-4-10)7-12-15-11(5-6-14)8-16-12/h1-4,8H,5-7,14H2. The van der Waals surface area contributed by atoms with Gasteiger partial charge in [-0.1, -0.05) is 23.7 Å². The zero-order chi connectivity index (χ0) is 11.4. The zero-order valence-electron chi connectivity index (χ0n) is 8.82. The summed E-state index contributed by atoms with van der Waals surface area (Å²) in [6, 6.07) is 7.66. The molecular formula is C12H13ClN2O. The number of rotatable bonds is 4. The molecule has 1 heterocycles. The highest BCUT2D eigenvalue weighted by Gasteiger charge is 2.04. The highest BCUT2D eigenvalue weighted by atomic mass is 35.5. The van der Waals surface area contributed by atoms with Gasteiger partial charge in [0.2, 0.25) is 0 Å². The summed E-state index contributed by atoms with van der Waals surface area (Å²) < 4.78 is 5.35. The van der Waals surface area contributed by atoms with Gasteiger partial charge in [0.15, 0.2) is 5.89 Å². The molecule has 0 spiro atoms. The Morgan fingerprint density at radius 2 is 2.00 bits per heavy atom. The SMILES string of the molecule is NCCc1coc(Cc2ccc(Cl)cc2)n1. The van der Waals surface area contributed by atoms with Crippen molar-refractivity contribution in [1.29, 1.82) is 0 Å². The first-order valence-electron chi connectivity index (χ1n) is 5.15. The molecule has 0 amide bonds. The molecular weight excluding hydrogens is 224 g/mol. The summed E-state index contributed by atoms with van der Waals surface area (Å²) in [7, 11) is 0. The Kier molecular flexibility index (Phi) is 3.59. The normalized spacial score (nSPS) is 10.6. The molecule has 0 fully saturated rings. The van der Waals surface area contributed by atoms with E-state index >= 15 is 0 Å². The third-order valence-electron chi connectivity index (χ3n) is 2.27. The molecule has 0 saturated carbocycles. The van der Waals surface area contributed by atoms with Crippen LogP contribution < -0.4 is 5.73 Å². The predicted octanol–water partition coefficient (Wildman–Crippen LogP) is 2.42. The van der Waals surface area contributed by atoms with E-state index in [1.54, 1.807) is 6.26 Å². The van der Waals surface area contributed by atoms with Crippen LogP contribution in [0.5, 0.6) is 0 Å². The van der Waals surface area contributed by atoms with Gasteiger partial charge in [0, 0.05) is 17.9 Å². The number of halogens is 1. The molecule has 0 unspecified atom stereocenters. The summed E-state index contributed by atoms with van der Waals surface area (Å²) >= 11 is 5.81. The second-order valence-electron chi connectivity index (χ2n) is 3.57. The molecule has 3 nitrogen and oxygen atoms in total. The fourth-order valence-corrected chi connectivity index (χ4v) is 1.60. The molecule has 16 heavy (non-hydrogen) atoms. The van der Waals surface area contributed by atoms with Crippen molar-refractivity contribution in [3.63, 3.8) is 0 Å². The van der Waals surface area contributed by atoms with E-state index in [1.807, 2.05) is 24.3 Å². The smallest absolute Gasteiger partial charge is 0.198 e. The van der Waals surface area contributed by atoms with Crippen molar-refractivity contribution in [2.75, 3.05) is 6.54 Å². The molecule has 0 aliphatic carbocycles. The van der Waals surface area contributed by atoms with Crippen LogP contribution in [-0.4, -0.2) is 11.5 Å². The third-order valence-corrected chi connectivity index (χ3v) is 2.52. The Bertz CT molecular complexity index is 450. The summed E-state index contributed by atoms with van der Waals surface area (Å²) in [5.74, 6) is 0.714. The molecule has 2 N–H and O–H groups in total. The highest BCUT2D eigenvalue weighted by molar-refractivity contribution is 6.30. The van der Waals surface area contributed by atoms with Gasteiger partial charge in [-0.3, -0.25) is 0 Å². The van der Waals surface area contributed by atoms with E-state index in [0.29, 0.717) is 18.9 Å². The fraction of sp³-hybridized carbons (Fsp3) is 0.250. The monoisotopic (exact) mass is 236 g/mol. The molecule has 2 aromatic rings. The summed E-state index contributed by atoms with van der Waals surface area (Å²) in [4.78, 5) is 4.34. The van der Waals surface area contributed by atoms with Crippen LogP contribution in [0.25, 0.3) is 0 Å². The minimum Gasteiger partial charge on any atom is -0.448 e. The number of benzene rings is 1. The summed E-state index contributed by atoms with van der Waals surface area (Å²) in [5, 5.41) is 0.736. The van der Waals surface area contributed by atoms with Crippen molar-refractivity contribution in [3.8, 4) is 0 Å². The van der Waals surface area contributed by atoms with E-state index in [-0.39, 0.29) is 0 Å². The van der Waals surface area contributed by atoms with Gasteiger partial charge in [0.05, 0.1) is 5.69 Å². The van der Waals surface area contributed by atoms with E-state index in [4.69, 9.17) is 21.8 Å². The molecule has 0 saturated heterocycles. The van der Waals surface area contributed by atoms with Crippen molar-refractivity contribution in [2.45, 2.75) is 12.8 Å². The third kappa shape index (κ3) is 2.84. The average Bonchev–Trinajstić information content (AvgIpc) is 2.70. The van der Waals surface area contributed by atoms with Gasteiger partial charge in [-0.15, -0.1) is 0 Å². The van der Waals surface area contributed by atoms with Crippen LogP contribution in [0.4, 0.5) is 0 Å². The van der Waals surface area contributed by atoms with Crippen LogP contribution in [0.2, 0.25) is 5.02 Å². The van der Waals surface area contributed by atoms with E-state index in [0.717, 1.165) is 22.7 Å². The van der Waals surface area contributed by atoms with Gasteiger partial charge in [-0.2, -0.15) is 0 Å². The number of oxazole rings is 1. The lowest BCUT2D eigenvalue weighted by Crippen LogP contribution is -2.02. The van der Waals surface area contributed by atoms with E-state index in [1.165, 1.54) is 0 Å². The minimum absolute atomic E-state index is 0.590. The largest absolute Gasteiger partial charge is 0.448 e. The number of hydrogen-bond acceptors (Lipinski definition) is 3. The second-order valence-corrected chi connectivity index (χ2v) is 4.01. The van der Waals surface area contributed by atoms with Crippen LogP contribution >= 0.6 is 11.6 Å². The highest BCUT2D eigenvalue weighted by Crippen LogP contribution is 2.13. The van der Waals surface area contributed by atoms with Gasteiger partial charge in [-0.05, 0) is 24.2 Å². The molecule has 0 aliphatic rings. The molecule has 1 aromatic heterocycles. The molecule has 0 radical (unpaired) electrons. The Hall–Kier alpha value is -1.32. The maximum atomic E-state index is 5.81. The van der Waals surface area contributed by atoms with Gasteiger partial charge < -0.3 is 10.2 Å². The Labute approximate surface area is 99.2 Å². The van der Waals surface area contributed by atoms with Gasteiger partial charge in [0.25, 0.3) is 0 Å². The quantitative estimate of drug-likeness (QED) is 0.887. The van der Waals surface area contributed by atoms with Crippen molar-refractivity contribution < 1.29 is 4.42 Å². The molecule has 0 aliphatic heterocycles. The van der Waals surface area contributed by atoms with Gasteiger partial charge >= 0.3 is 0 Å². The minimum atomic E-state index is 0.590. The molecule has 0 bridgehead atoms. The Morgan fingerprint density at radius 3 is 2.69 bits per heavy atom. The van der Waals surface area contributed by atoms with Crippen molar-refractivity contribution in [1.82, 2.24) is 4.98 Å². The van der Waals surface area contributed by atoms with Gasteiger partial charge in [-0.25, -0.2) is 4.98 Å². The topological polar surface area (TPSA) is 52.0 Å². The maximum absolute atomic E-state index is 5.81. The van der Waals surface area contributed by atoms with E-state index in [2.05, 4.69) is 4.98 Å². The Balaban J connectivity index is 2.05. The lowest BCUT2D eigenvalue weighted by Gasteiger charge is -1.96. The molecule has 84 valence electrons. The zero-order valence-corrected chi connectivity index (χ0v) is 9.57. The number of aromatic nitrogens is 1. The van der Waals surface area contributed by atoms with Gasteiger partial charge in [0.1, 0.15) is 6.26 Å². The first-order valence-corrected chi connectivity index (χ1v) is 5.53. The predicted molar refractivity (Wildman–Crippen MR) is 63.5 cm³/mol. The fourth-order valence-electron chi connectivity index (χ4n) is 1.47. The number of nitrogens with zero attached hydrogens (tertiary/aromatic N) is 1. The van der Waals surface area contributed by atoms with E-state index in [9.17, 15) is 0 Å². The number of nitrogens with two attached hydrogens (primary N) is 1. The first-order chi connectivity index (χ1) is 7.78. The first kappa shape index (κ1) is 11.2. The van der Waals surface area contributed by atoms with Crippen molar-refractivity contribution in [3.05, 3.63) is 52.7 Å². The lowest BCUT2D eigenvalue weighted by molar-refractivity contribution is 0.506. The van der Waals surface area contributed by atoms with Crippen LogP contribution in [0.15, 0.2) is 34.9 Å². The lowest BCUT2D eigenvalue weighted by atomic mass is 10.1. The maximum Gasteiger partial charge on any atom is 0.198 e. The second kappa shape index (κ2) is 5.14. The molecule has 2 rings (SSSR count). The molecule has 1 aromatic carbocycles. The van der Waals surface area contributed by atoms with Crippen LogP contribution in [-0.2, 0) is 12.8 Å². The summed E-state index contributed by atoms with van der Waals surface area (Å²) in [5.41, 5.74) is 7.48. The van der Waals surface area contributed by atoms with Crippen LogP contribution in [0.3, 0.4) is 0 Å². The molecule has 4 heteroatoms. The van der Waals surface area contributed by atoms with Crippen LogP contribution in [0, 0.1) is 0 Å².